The maximum absolute atomic E-state index is 13.2. The van der Waals surface area contributed by atoms with Gasteiger partial charge in [0.2, 0.25) is 0 Å². The molecule has 3 heterocycles. The predicted octanol–water partition coefficient (Wildman–Crippen LogP) is 2.99. The molecule has 3 aliphatic rings. The number of carbonyl (C=O) groups excluding carboxylic acids is 2. The quantitative estimate of drug-likeness (QED) is 0.383. The molecule has 0 saturated carbocycles. The topological polar surface area (TPSA) is 99.1 Å². The Morgan fingerprint density at radius 3 is 2.62 bits per heavy atom. The number of fused-ring (bicyclic) bond motifs is 2. The van der Waals surface area contributed by atoms with E-state index in [4.69, 9.17) is 9.47 Å². The lowest BCUT2D eigenvalue weighted by Crippen LogP contribution is -2.40. The molecule has 3 aliphatic heterocycles. The minimum absolute atomic E-state index is 0.000138. The number of nitrogens with zero attached hydrogens (tertiary/aromatic N) is 1. The lowest BCUT2D eigenvalue weighted by atomic mass is 9.91. The second-order valence-electron chi connectivity index (χ2n) is 9.39. The van der Waals surface area contributed by atoms with Gasteiger partial charge in [0.15, 0.2) is 4.90 Å². The summed E-state index contributed by atoms with van der Waals surface area (Å²) in [6, 6.07) is 7.19. The molecule has 0 amide bonds. The molecular formula is C26H29NO6S. The van der Waals surface area contributed by atoms with E-state index >= 15 is 0 Å². The van der Waals surface area contributed by atoms with Crippen LogP contribution in [0.3, 0.4) is 0 Å². The number of aliphatic hydroxyl groups excluding tert-OH is 1. The van der Waals surface area contributed by atoms with Crippen molar-refractivity contribution in [2.24, 2.45) is 5.92 Å². The number of cyclic esters (lactones) is 1. The second-order valence-corrected chi connectivity index (χ2v) is 10.9. The van der Waals surface area contributed by atoms with Crippen molar-refractivity contribution in [2.45, 2.75) is 50.7 Å². The lowest BCUT2D eigenvalue weighted by molar-refractivity contribution is -0.131. The van der Waals surface area contributed by atoms with E-state index in [2.05, 4.69) is 4.90 Å². The van der Waals surface area contributed by atoms with E-state index in [1.54, 1.807) is 6.07 Å². The smallest absolute Gasteiger partial charge is 0.338 e. The van der Waals surface area contributed by atoms with Crippen LogP contribution in [0.2, 0.25) is 0 Å². The first-order valence-corrected chi connectivity index (χ1v) is 13.0. The Bertz CT molecular complexity index is 1140. The molecule has 5 rings (SSSR count). The number of likely N-dealkylation sites (tertiary alicyclic amines) is 1. The highest BCUT2D eigenvalue weighted by molar-refractivity contribution is 7.91. The van der Waals surface area contributed by atoms with Gasteiger partial charge in [0, 0.05) is 22.6 Å². The van der Waals surface area contributed by atoms with Crippen LogP contribution in [-0.4, -0.2) is 51.9 Å². The molecule has 8 heteroatoms. The summed E-state index contributed by atoms with van der Waals surface area (Å²) in [4.78, 5) is 26.5. The normalized spacial score (nSPS) is 20.0. The molecule has 2 unspecified atom stereocenters. The Morgan fingerprint density at radius 2 is 1.88 bits per heavy atom. The Labute approximate surface area is 202 Å². The van der Waals surface area contributed by atoms with Crippen molar-refractivity contribution >= 4 is 23.1 Å². The first-order chi connectivity index (χ1) is 16.4. The molecule has 34 heavy (non-hydrogen) atoms. The third kappa shape index (κ3) is 4.13. The van der Waals surface area contributed by atoms with Crippen molar-refractivity contribution in [3.63, 3.8) is 0 Å². The molecule has 1 N–H and O–H groups in total. The fourth-order valence-corrected chi connectivity index (χ4v) is 7.08. The zero-order valence-electron chi connectivity index (χ0n) is 19.5. The van der Waals surface area contributed by atoms with E-state index in [9.17, 15) is 19.2 Å². The standard InChI is InChI=1S/C26H29NO6S/c1-15-18(3-4-19-21(15)13-32-26(19)30)22(12-28)27-9-7-17(8-10-27)14-34(31)24-6-5-23-20(16(24)2)11-25(29)33-23/h3-6,17,22,28H,7-14H2,1-2H3. The fraction of sp³-hybridized carbons (Fsp3) is 0.462. The van der Waals surface area contributed by atoms with Gasteiger partial charge >= 0.3 is 11.9 Å². The monoisotopic (exact) mass is 483 g/mol. The summed E-state index contributed by atoms with van der Waals surface area (Å²) in [6.07, 6.45) is 2.05. The number of aliphatic hydroxyl groups is 1. The van der Waals surface area contributed by atoms with Gasteiger partial charge in [0.05, 0.1) is 24.6 Å². The number of hydrogen-bond acceptors (Lipinski definition) is 7. The molecule has 180 valence electrons. The largest absolute Gasteiger partial charge is 0.611 e. The Kier molecular flexibility index (Phi) is 6.41. The first kappa shape index (κ1) is 23.4. The number of benzene rings is 2. The summed E-state index contributed by atoms with van der Waals surface area (Å²) >= 11 is -1.14. The molecule has 0 bridgehead atoms. The molecule has 2 atom stereocenters. The molecule has 1 saturated heterocycles. The van der Waals surface area contributed by atoms with E-state index in [1.807, 2.05) is 32.0 Å². The maximum Gasteiger partial charge on any atom is 0.338 e. The number of esters is 2. The van der Waals surface area contributed by atoms with Crippen LogP contribution < -0.4 is 4.74 Å². The highest BCUT2D eigenvalue weighted by Gasteiger charge is 2.33. The van der Waals surface area contributed by atoms with Gasteiger partial charge in [-0.2, -0.15) is 0 Å². The highest BCUT2D eigenvalue weighted by atomic mass is 32.2. The van der Waals surface area contributed by atoms with Crippen LogP contribution in [0.5, 0.6) is 5.75 Å². The van der Waals surface area contributed by atoms with Gasteiger partial charge in [-0.1, -0.05) is 6.07 Å². The van der Waals surface area contributed by atoms with Crippen molar-refractivity contribution in [1.29, 1.82) is 0 Å². The van der Waals surface area contributed by atoms with Crippen LogP contribution in [0.25, 0.3) is 0 Å². The van der Waals surface area contributed by atoms with Gasteiger partial charge < -0.3 is 19.1 Å². The lowest BCUT2D eigenvalue weighted by Gasteiger charge is -2.37. The summed E-state index contributed by atoms with van der Waals surface area (Å²) < 4.78 is 23.6. The van der Waals surface area contributed by atoms with E-state index in [1.165, 1.54) is 0 Å². The van der Waals surface area contributed by atoms with E-state index < -0.39 is 11.2 Å². The zero-order chi connectivity index (χ0) is 24.0. The highest BCUT2D eigenvalue weighted by Crippen LogP contribution is 2.36. The molecule has 7 nitrogen and oxygen atoms in total. The number of rotatable bonds is 6. The Balaban J connectivity index is 1.23. The average Bonchev–Trinajstić information content (AvgIpc) is 3.40. The molecule has 1 fully saturated rings. The first-order valence-electron chi connectivity index (χ1n) is 11.7. The minimum atomic E-state index is -1.14. The molecule has 0 aliphatic carbocycles. The third-order valence-electron chi connectivity index (χ3n) is 7.51. The number of carbonyl (C=O) groups is 2. The van der Waals surface area contributed by atoms with E-state index in [0.29, 0.717) is 29.6 Å². The fourth-order valence-electron chi connectivity index (χ4n) is 5.45. The van der Waals surface area contributed by atoms with Gasteiger partial charge in [0.1, 0.15) is 18.1 Å². The number of ether oxygens (including phenoxy) is 2. The molecule has 0 radical (unpaired) electrons. The van der Waals surface area contributed by atoms with Crippen molar-refractivity contribution in [2.75, 3.05) is 25.4 Å². The van der Waals surface area contributed by atoms with Gasteiger partial charge in [-0.15, -0.1) is 0 Å². The molecule has 0 spiro atoms. The summed E-state index contributed by atoms with van der Waals surface area (Å²) in [6.45, 7) is 5.82. The van der Waals surface area contributed by atoms with Crippen molar-refractivity contribution in [1.82, 2.24) is 4.90 Å². The Morgan fingerprint density at radius 1 is 1.12 bits per heavy atom. The zero-order valence-corrected chi connectivity index (χ0v) is 20.3. The van der Waals surface area contributed by atoms with Crippen molar-refractivity contribution in [3.8, 4) is 5.75 Å². The van der Waals surface area contributed by atoms with Crippen LogP contribution in [0, 0.1) is 19.8 Å². The summed E-state index contributed by atoms with van der Waals surface area (Å²) in [5.74, 6) is 0.962. The molecule has 0 aromatic heterocycles. The average molecular weight is 484 g/mol. The van der Waals surface area contributed by atoms with E-state index in [0.717, 1.165) is 58.6 Å². The second kappa shape index (κ2) is 9.34. The summed E-state index contributed by atoms with van der Waals surface area (Å²) in [5, 5.41) is 10.2. The van der Waals surface area contributed by atoms with Crippen molar-refractivity contribution in [3.05, 3.63) is 57.6 Å². The van der Waals surface area contributed by atoms with Gasteiger partial charge in [-0.25, -0.2) is 4.79 Å². The van der Waals surface area contributed by atoms with Crippen LogP contribution >= 0.6 is 0 Å². The van der Waals surface area contributed by atoms with Crippen LogP contribution in [0.4, 0.5) is 0 Å². The van der Waals surface area contributed by atoms with Gasteiger partial charge in [-0.05, 0) is 80.3 Å². The van der Waals surface area contributed by atoms with Crippen LogP contribution in [-0.2, 0) is 33.7 Å². The van der Waals surface area contributed by atoms with Gasteiger partial charge in [-0.3, -0.25) is 9.69 Å². The SMILES string of the molecule is Cc1c([S+]([O-])CC2CCN(C(CO)c3ccc4c(c3C)COC4=O)CC2)ccc2c1CC(=O)O2. The molecular weight excluding hydrogens is 454 g/mol. The van der Waals surface area contributed by atoms with Crippen LogP contribution in [0.1, 0.15) is 57.1 Å². The maximum atomic E-state index is 13.2. The van der Waals surface area contributed by atoms with Crippen molar-refractivity contribution < 1.29 is 28.7 Å². The predicted molar refractivity (Wildman–Crippen MR) is 126 cm³/mol. The number of hydrogen-bond donors (Lipinski definition) is 1. The Hall–Kier alpha value is -2.39. The number of piperidine rings is 1. The summed E-state index contributed by atoms with van der Waals surface area (Å²) in [7, 11) is 0. The van der Waals surface area contributed by atoms with Crippen LogP contribution in [0.15, 0.2) is 29.2 Å². The molecule has 2 aromatic carbocycles. The molecule has 2 aromatic rings. The summed E-state index contributed by atoms with van der Waals surface area (Å²) in [5.41, 5.74) is 5.34. The third-order valence-corrected chi connectivity index (χ3v) is 9.22. The van der Waals surface area contributed by atoms with Gasteiger partial charge in [0.25, 0.3) is 0 Å². The minimum Gasteiger partial charge on any atom is -0.611 e. The van der Waals surface area contributed by atoms with E-state index in [-0.39, 0.29) is 31.0 Å².